The molecule has 172 valence electrons. The summed E-state index contributed by atoms with van der Waals surface area (Å²) in [6, 6.07) is 18.1. The largest absolute Gasteiger partial charge is 0.497 e. The molecule has 0 bridgehead atoms. The summed E-state index contributed by atoms with van der Waals surface area (Å²) in [6.45, 7) is 3.82. The lowest BCUT2D eigenvalue weighted by atomic mass is 10.1. The van der Waals surface area contributed by atoms with Gasteiger partial charge in [0.25, 0.3) is 5.56 Å². The minimum Gasteiger partial charge on any atom is -0.497 e. The van der Waals surface area contributed by atoms with E-state index in [0.29, 0.717) is 31.0 Å². The molecule has 0 atom stereocenters. The molecule has 6 nitrogen and oxygen atoms in total. The Hall–Kier alpha value is -3.03. The van der Waals surface area contributed by atoms with Crippen LogP contribution in [0, 0.1) is 0 Å². The van der Waals surface area contributed by atoms with Crippen LogP contribution in [0.25, 0.3) is 22.2 Å². The fraction of sp³-hybridized carbons (Fsp3) is 0.308. The van der Waals surface area contributed by atoms with Crippen LogP contribution in [0.5, 0.6) is 5.75 Å². The number of fused-ring (bicyclic) bond motifs is 1. The highest BCUT2D eigenvalue weighted by Gasteiger charge is 2.18. The van der Waals surface area contributed by atoms with Gasteiger partial charge in [-0.3, -0.25) is 9.36 Å². The van der Waals surface area contributed by atoms with Crippen molar-refractivity contribution in [1.82, 2.24) is 14.1 Å². The molecule has 2 aromatic heterocycles. The first-order valence-corrected chi connectivity index (χ1v) is 12.1. The number of benzene rings is 2. The van der Waals surface area contributed by atoms with Gasteiger partial charge in [0.2, 0.25) is 0 Å². The van der Waals surface area contributed by atoms with Gasteiger partial charge >= 0.3 is 0 Å². The van der Waals surface area contributed by atoms with E-state index in [-0.39, 0.29) is 5.56 Å². The second-order valence-electron chi connectivity index (χ2n) is 7.76. The lowest BCUT2D eigenvalue weighted by Crippen LogP contribution is -2.25. The minimum absolute atomic E-state index is 0.0191. The molecule has 0 unspecified atom stereocenters. The van der Waals surface area contributed by atoms with Gasteiger partial charge in [0.15, 0.2) is 5.16 Å². The van der Waals surface area contributed by atoms with E-state index >= 15 is 0 Å². The quantitative estimate of drug-likeness (QED) is 0.185. The molecule has 4 rings (SSSR count). The molecule has 4 aromatic rings. The van der Waals surface area contributed by atoms with E-state index in [0.717, 1.165) is 39.5 Å². The van der Waals surface area contributed by atoms with Gasteiger partial charge in [0.05, 0.1) is 7.11 Å². The van der Waals surface area contributed by atoms with Gasteiger partial charge in [0.1, 0.15) is 16.8 Å². The zero-order chi connectivity index (χ0) is 23.2. The molecule has 2 heterocycles. The minimum atomic E-state index is -0.0191. The molecule has 0 saturated carbocycles. The van der Waals surface area contributed by atoms with E-state index in [1.807, 2.05) is 73.3 Å². The summed E-state index contributed by atoms with van der Waals surface area (Å²) in [5.41, 5.74) is 4.47. The van der Waals surface area contributed by atoms with Crippen LogP contribution in [0.3, 0.4) is 0 Å². The van der Waals surface area contributed by atoms with E-state index in [1.165, 1.54) is 0 Å². The maximum Gasteiger partial charge on any atom is 0.278 e. The molecule has 0 aliphatic heterocycles. The van der Waals surface area contributed by atoms with Gasteiger partial charge in [-0.05, 0) is 36.6 Å². The number of aryl methyl sites for hydroxylation is 1. The number of hydrogen-bond acceptors (Lipinski definition) is 5. The molecular formula is C26H29N3O3S. The normalized spacial score (nSPS) is 11.2. The summed E-state index contributed by atoms with van der Waals surface area (Å²) < 4.78 is 14.5. The van der Waals surface area contributed by atoms with E-state index < -0.39 is 0 Å². The van der Waals surface area contributed by atoms with Crippen LogP contribution in [-0.2, 0) is 24.1 Å². The SMILES string of the molecule is CCOCCCn1c(SCc2cccc(OC)c2)nc2c(-c3ccccc3)cn(C)c2c1=O. The van der Waals surface area contributed by atoms with Crippen molar-refractivity contribution in [2.75, 3.05) is 20.3 Å². The van der Waals surface area contributed by atoms with Crippen LogP contribution in [-0.4, -0.2) is 34.4 Å². The maximum absolute atomic E-state index is 13.6. The highest BCUT2D eigenvalue weighted by molar-refractivity contribution is 7.98. The van der Waals surface area contributed by atoms with Crippen molar-refractivity contribution >= 4 is 22.8 Å². The number of nitrogens with zero attached hydrogens (tertiary/aromatic N) is 3. The fourth-order valence-corrected chi connectivity index (χ4v) is 4.83. The first-order chi connectivity index (χ1) is 16.1. The van der Waals surface area contributed by atoms with Gasteiger partial charge in [-0.1, -0.05) is 54.2 Å². The van der Waals surface area contributed by atoms with Crippen molar-refractivity contribution in [1.29, 1.82) is 0 Å². The Labute approximate surface area is 198 Å². The van der Waals surface area contributed by atoms with Crippen molar-refractivity contribution in [3.05, 3.63) is 76.7 Å². The van der Waals surface area contributed by atoms with E-state index in [9.17, 15) is 4.79 Å². The molecule has 0 radical (unpaired) electrons. The molecule has 0 amide bonds. The average molecular weight is 464 g/mol. The summed E-state index contributed by atoms with van der Waals surface area (Å²) in [5, 5.41) is 0.718. The summed E-state index contributed by atoms with van der Waals surface area (Å²) in [7, 11) is 3.57. The van der Waals surface area contributed by atoms with Crippen LogP contribution in [0.15, 0.2) is 70.7 Å². The number of thioether (sulfide) groups is 1. The summed E-state index contributed by atoms with van der Waals surface area (Å²) in [6.07, 6.45) is 2.75. The monoisotopic (exact) mass is 463 g/mol. The number of methoxy groups -OCH3 is 1. The molecule has 0 saturated heterocycles. The average Bonchev–Trinajstić information content (AvgIpc) is 3.18. The lowest BCUT2D eigenvalue weighted by Gasteiger charge is -2.13. The predicted octanol–water partition coefficient (Wildman–Crippen LogP) is 5.13. The fourth-order valence-electron chi connectivity index (χ4n) is 3.87. The first kappa shape index (κ1) is 23.1. The molecule has 0 N–H and O–H groups in total. The highest BCUT2D eigenvalue weighted by atomic mass is 32.2. The number of hydrogen-bond donors (Lipinski definition) is 0. The van der Waals surface area contributed by atoms with Crippen molar-refractivity contribution in [2.24, 2.45) is 7.05 Å². The summed E-state index contributed by atoms with van der Waals surface area (Å²) >= 11 is 1.57. The second kappa shape index (κ2) is 10.7. The number of ether oxygens (including phenoxy) is 2. The Bertz CT molecular complexity index is 1280. The highest BCUT2D eigenvalue weighted by Crippen LogP contribution is 2.30. The van der Waals surface area contributed by atoms with Crippen molar-refractivity contribution in [3.8, 4) is 16.9 Å². The van der Waals surface area contributed by atoms with Crippen LogP contribution >= 0.6 is 11.8 Å². The Balaban J connectivity index is 1.76. The van der Waals surface area contributed by atoms with Gasteiger partial charge in [0, 0.05) is 44.3 Å². The summed E-state index contributed by atoms with van der Waals surface area (Å²) in [4.78, 5) is 18.6. The van der Waals surface area contributed by atoms with Crippen LogP contribution in [0.4, 0.5) is 0 Å². The van der Waals surface area contributed by atoms with Crippen molar-refractivity contribution < 1.29 is 9.47 Å². The smallest absolute Gasteiger partial charge is 0.278 e. The van der Waals surface area contributed by atoms with Crippen LogP contribution < -0.4 is 10.3 Å². The molecule has 0 aliphatic rings. The standard InChI is InChI=1S/C26H29N3O3S/c1-4-32-15-9-14-29-25(30)24-23(22(17-28(24)2)20-11-6-5-7-12-20)27-26(29)33-18-19-10-8-13-21(16-19)31-3/h5-8,10-13,16-17H,4,9,14-15,18H2,1-3H3. The molecule has 7 heteroatoms. The van der Waals surface area contributed by atoms with Gasteiger partial charge in [-0.2, -0.15) is 0 Å². The Morgan fingerprint density at radius 1 is 1.09 bits per heavy atom. The third kappa shape index (κ3) is 5.15. The van der Waals surface area contributed by atoms with Gasteiger partial charge < -0.3 is 14.0 Å². The lowest BCUT2D eigenvalue weighted by molar-refractivity contribution is 0.140. The van der Waals surface area contributed by atoms with Crippen LogP contribution in [0.1, 0.15) is 18.9 Å². The molecule has 2 aromatic carbocycles. The maximum atomic E-state index is 13.6. The zero-order valence-corrected chi connectivity index (χ0v) is 20.1. The molecule has 0 fully saturated rings. The summed E-state index contributed by atoms with van der Waals surface area (Å²) in [5.74, 6) is 1.51. The van der Waals surface area contributed by atoms with E-state index in [1.54, 1.807) is 23.4 Å². The van der Waals surface area contributed by atoms with Gasteiger partial charge in [-0.15, -0.1) is 0 Å². The van der Waals surface area contributed by atoms with Crippen LogP contribution in [0.2, 0.25) is 0 Å². The third-order valence-electron chi connectivity index (χ3n) is 5.50. The number of rotatable bonds is 10. The molecule has 33 heavy (non-hydrogen) atoms. The molecule has 0 spiro atoms. The Morgan fingerprint density at radius 3 is 2.67 bits per heavy atom. The zero-order valence-electron chi connectivity index (χ0n) is 19.3. The Kier molecular flexibility index (Phi) is 7.52. The second-order valence-corrected chi connectivity index (χ2v) is 8.70. The number of aromatic nitrogens is 3. The topological polar surface area (TPSA) is 58.3 Å². The van der Waals surface area contributed by atoms with Crippen molar-refractivity contribution in [2.45, 2.75) is 30.8 Å². The third-order valence-corrected chi connectivity index (χ3v) is 6.55. The molecule has 0 aliphatic carbocycles. The van der Waals surface area contributed by atoms with E-state index in [2.05, 4.69) is 6.07 Å². The predicted molar refractivity (Wildman–Crippen MR) is 134 cm³/mol. The Morgan fingerprint density at radius 2 is 1.91 bits per heavy atom. The van der Waals surface area contributed by atoms with E-state index in [4.69, 9.17) is 14.5 Å². The molecular weight excluding hydrogens is 434 g/mol. The first-order valence-electron chi connectivity index (χ1n) is 11.1. The van der Waals surface area contributed by atoms with Gasteiger partial charge in [-0.25, -0.2) is 4.98 Å². The van der Waals surface area contributed by atoms with Crippen molar-refractivity contribution in [3.63, 3.8) is 0 Å².